The van der Waals surface area contributed by atoms with Crippen LogP contribution in [0.2, 0.25) is 0 Å². The van der Waals surface area contributed by atoms with E-state index in [0.29, 0.717) is 11.7 Å². The summed E-state index contributed by atoms with van der Waals surface area (Å²) in [5.41, 5.74) is 4.03. The summed E-state index contributed by atoms with van der Waals surface area (Å²) >= 11 is 1.68. The first kappa shape index (κ1) is 21.1. The van der Waals surface area contributed by atoms with Gasteiger partial charge in [0.05, 0.1) is 42.4 Å². The highest BCUT2D eigenvalue weighted by Crippen LogP contribution is 2.31. The number of aromatic nitrogens is 4. The maximum Gasteiger partial charge on any atom is 0.232 e. The molecule has 0 unspecified atom stereocenters. The van der Waals surface area contributed by atoms with Crippen LogP contribution in [0.4, 0.5) is 5.82 Å². The summed E-state index contributed by atoms with van der Waals surface area (Å²) in [4.78, 5) is 20.3. The van der Waals surface area contributed by atoms with Crippen LogP contribution in [0.1, 0.15) is 16.9 Å². The van der Waals surface area contributed by atoms with Gasteiger partial charge in [0.2, 0.25) is 5.88 Å². The molecule has 5 aromatic rings. The monoisotopic (exact) mass is 457 g/mol. The minimum absolute atomic E-state index is 0.512. The number of hydrogen-bond acceptors (Lipinski definition) is 8. The van der Waals surface area contributed by atoms with Gasteiger partial charge in [-0.15, -0.1) is 11.3 Å². The van der Waals surface area contributed by atoms with Crippen molar-refractivity contribution in [1.82, 2.24) is 19.9 Å². The van der Waals surface area contributed by atoms with E-state index in [2.05, 4.69) is 52.5 Å². The second-order valence-electron chi connectivity index (χ2n) is 7.65. The van der Waals surface area contributed by atoms with Crippen molar-refractivity contribution in [3.05, 3.63) is 71.8 Å². The molecule has 7 nitrogen and oxygen atoms in total. The fourth-order valence-electron chi connectivity index (χ4n) is 3.61. The molecule has 4 aromatic heterocycles. The Kier molecular flexibility index (Phi) is 5.99. The molecule has 0 fully saturated rings. The van der Waals surface area contributed by atoms with Gasteiger partial charge in [0, 0.05) is 17.0 Å². The Balaban J connectivity index is 1.23. The molecule has 1 N–H and O–H groups in total. The highest BCUT2D eigenvalue weighted by atomic mass is 32.1. The van der Waals surface area contributed by atoms with E-state index >= 15 is 0 Å². The van der Waals surface area contributed by atoms with Gasteiger partial charge >= 0.3 is 0 Å². The predicted molar refractivity (Wildman–Crippen MR) is 131 cm³/mol. The van der Waals surface area contributed by atoms with E-state index in [1.165, 1.54) is 10.4 Å². The number of fused-ring (bicyclic) bond motifs is 1. The number of rotatable bonds is 8. The lowest BCUT2D eigenvalue weighted by Gasteiger charge is -2.09. The van der Waals surface area contributed by atoms with Crippen molar-refractivity contribution in [3.8, 4) is 28.5 Å². The molecule has 1 aromatic carbocycles. The normalized spacial score (nSPS) is 11.1. The van der Waals surface area contributed by atoms with Crippen molar-refractivity contribution in [1.29, 1.82) is 0 Å². The van der Waals surface area contributed by atoms with Crippen LogP contribution in [0.3, 0.4) is 0 Å². The third-order valence-electron chi connectivity index (χ3n) is 5.32. The van der Waals surface area contributed by atoms with Gasteiger partial charge in [0.1, 0.15) is 16.9 Å². The number of aryl methyl sites for hydroxylation is 2. The minimum atomic E-state index is 0.512. The Hall–Kier alpha value is -3.78. The summed E-state index contributed by atoms with van der Waals surface area (Å²) in [6.07, 6.45) is 8.62. The van der Waals surface area contributed by atoms with Crippen molar-refractivity contribution in [2.24, 2.45) is 0 Å². The average Bonchev–Trinajstić information content (AvgIpc) is 3.51. The fourth-order valence-corrected chi connectivity index (χ4v) is 4.49. The predicted octanol–water partition coefficient (Wildman–Crippen LogP) is 5.77. The first-order valence-corrected chi connectivity index (χ1v) is 11.5. The molecule has 0 amide bonds. The lowest BCUT2D eigenvalue weighted by molar-refractivity contribution is 0.396. The first-order chi connectivity index (χ1) is 16.2. The molecule has 0 atom stereocenters. The maximum absolute atomic E-state index is 5.21. The number of furan rings is 1. The van der Waals surface area contributed by atoms with Crippen LogP contribution < -0.4 is 10.1 Å². The molecule has 0 aliphatic rings. The lowest BCUT2D eigenvalue weighted by atomic mass is 10.1. The smallest absolute Gasteiger partial charge is 0.232 e. The molecular weight excluding hydrogens is 434 g/mol. The summed E-state index contributed by atoms with van der Waals surface area (Å²) in [6, 6.07) is 12.5. The van der Waals surface area contributed by atoms with Crippen LogP contribution in [-0.4, -0.2) is 33.6 Å². The van der Waals surface area contributed by atoms with E-state index in [1.54, 1.807) is 43.4 Å². The Morgan fingerprint density at radius 1 is 1.03 bits per heavy atom. The molecule has 0 bridgehead atoms. The average molecular weight is 458 g/mol. The SMILES string of the molecule is COc1cnc(-c2ccc(CCCNc3nc(-c4ccoc4)nc4sc(C)cc34)cc2)cn1. The quantitative estimate of drug-likeness (QED) is 0.296. The number of benzene rings is 1. The molecule has 166 valence electrons. The Morgan fingerprint density at radius 2 is 1.91 bits per heavy atom. The summed E-state index contributed by atoms with van der Waals surface area (Å²) < 4.78 is 10.3. The lowest BCUT2D eigenvalue weighted by Crippen LogP contribution is -2.06. The number of nitrogens with one attached hydrogen (secondary N) is 1. The summed E-state index contributed by atoms with van der Waals surface area (Å²) in [5, 5.41) is 4.58. The highest BCUT2D eigenvalue weighted by Gasteiger charge is 2.12. The van der Waals surface area contributed by atoms with E-state index in [4.69, 9.17) is 19.1 Å². The zero-order valence-electron chi connectivity index (χ0n) is 18.4. The highest BCUT2D eigenvalue weighted by molar-refractivity contribution is 7.18. The summed E-state index contributed by atoms with van der Waals surface area (Å²) in [5.74, 6) is 2.06. The van der Waals surface area contributed by atoms with E-state index < -0.39 is 0 Å². The molecule has 5 rings (SSSR count). The second kappa shape index (κ2) is 9.38. The minimum Gasteiger partial charge on any atom is -0.480 e. The van der Waals surface area contributed by atoms with Gasteiger partial charge in [-0.3, -0.25) is 0 Å². The van der Waals surface area contributed by atoms with Crippen LogP contribution in [0.25, 0.3) is 32.9 Å². The number of thiophene rings is 1. The van der Waals surface area contributed by atoms with Gasteiger partial charge in [-0.2, -0.15) is 0 Å². The molecular formula is C25H23N5O2S. The fraction of sp³-hybridized carbons (Fsp3) is 0.200. The van der Waals surface area contributed by atoms with E-state index in [1.807, 2.05) is 6.07 Å². The van der Waals surface area contributed by atoms with Crippen LogP contribution in [0, 0.1) is 6.92 Å². The standard InChI is InChI=1S/C25H23N5O2S/c1-16-12-20-24(29-23(30-25(20)33-16)19-9-11-32-15-19)26-10-3-4-17-5-7-18(8-6-17)21-13-28-22(31-2)14-27-21/h5-9,11-15H,3-4,10H2,1-2H3,(H,26,29,30). The van der Waals surface area contributed by atoms with Crippen LogP contribution in [-0.2, 0) is 6.42 Å². The zero-order valence-corrected chi connectivity index (χ0v) is 19.2. The Labute approximate surface area is 195 Å². The Morgan fingerprint density at radius 3 is 2.64 bits per heavy atom. The second-order valence-corrected chi connectivity index (χ2v) is 8.89. The molecule has 0 aliphatic carbocycles. The number of ether oxygens (including phenoxy) is 1. The molecule has 33 heavy (non-hydrogen) atoms. The Bertz CT molecular complexity index is 1350. The third kappa shape index (κ3) is 4.70. The van der Waals surface area contributed by atoms with Crippen molar-refractivity contribution < 1.29 is 9.15 Å². The summed E-state index contributed by atoms with van der Waals surface area (Å²) in [6.45, 7) is 2.91. The van der Waals surface area contributed by atoms with E-state index in [0.717, 1.165) is 52.2 Å². The van der Waals surface area contributed by atoms with Crippen LogP contribution >= 0.6 is 11.3 Å². The van der Waals surface area contributed by atoms with Gasteiger partial charge in [0.15, 0.2) is 5.82 Å². The third-order valence-corrected chi connectivity index (χ3v) is 6.26. The largest absolute Gasteiger partial charge is 0.480 e. The topological polar surface area (TPSA) is 86.0 Å². The van der Waals surface area contributed by atoms with Gasteiger partial charge in [0.25, 0.3) is 0 Å². The van der Waals surface area contributed by atoms with E-state index in [9.17, 15) is 0 Å². The molecule has 8 heteroatoms. The van der Waals surface area contributed by atoms with Crippen molar-refractivity contribution in [2.75, 3.05) is 19.0 Å². The summed E-state index contributed by atoms with van der Waals surface area (Å²) in [7, 11) is 1.58. The van der Waals surface area contributed by atoms with Crippen molar-refractivity contribution in [3.63, 3.8) is 0 Å². The van der Waals surface area contributed by atoms with Gasteiger partial charge in [-0.25, -0.2) is 19.9 Å². The van der Waals surface area contributed by atoms with Crippen LogP contribution in [0.5, 0.6) is 5.88 Å². The number of anilines is 1. The number of hydrogen-bond donors (Lipinski definition) is 1. The molecule has 0 aliphatic heterocycles. The zero-order chi connectivity index (χ0) is 22.6. The van der Waals surface area contributed by atoms with Gasteiger partial charge in [-0.05, 0) is 37.5 Å². The molecule has 0 spiro atoms. The maximum atomic E-state index is 5.21. The van der Waals surface area contributed by atoms with Gasteiger partial charge < -0.3 is 14.5 Å². The number of methoxy groups -OCH3 is 1. The first-order valence-electron chi connectivity index (χ1n) is 10.7. The van der Waals surface area contributed by atoms with Crippen LogP contribution in [0.15, 0.2) is 65.7 Å². The molecule has 0 radical (unpaired) electrons. The molecule has 0 saturated carbocycles. The molecule has 4 heterocycles. The molecule has 0 saturated heterocycles. The van der Waals surface area contributed by atoms with Gasteiger partial charge in [-0.1, -0.05) is 24.3 Å². The number of nitrogens with zero attached hydrogens (tertiary/aromatic N) is 4. The van der Waals surface area contributed by atoms with Crippen molar-refractivity contribution >= 4 is 27.4 Å². The van der Waals surface area contributed by atoms with E-state index in [-0.39, 0.29) is 0 Å². The van der Waals surface area contributed by atoms with Crippen molar-refractivity contribution in [2.45, 2.75) is 19.8 Å².